The van der Waals surface area contributed by atoms with Crippen LogP contribution >= 0.6 is 0 Å². The van der Waals surface area contributed by atoms with Gasteiger partial charge in [-0.3, -0.25) is 0 Å². The predicted octanol–water partition coefficient (Wildman–Crippen LogP) is 2.93. The lowest BCUT2D eigenvalue weighted by Gasteiger charge is -2.08. The molecule has 0 saturated heterocycles. The molecule has 3 rings (SSSR count). The van der Waals surface area contributed by atoms with Gasteiger partial charge in [-0.15, -0.1) is 0 Å². The summed E-state index contributed by atoms with van der Waals surface area (Å²) in [4.78, 5) is 21.0. The highest BCUT2D eigenvalue weighted by Gasteiger charge is 2.15. The second-order valence-corrected chi connectivity index (χ2v) is 6.76. The summed E-state index contributed by atoms with van der Waals surface area (Å²) in [6.45, 7) is 4.97. The van der Waals surface area contributed by atoms with Crippen molar-refractivity contribution in [1.29, 1.82) is 5.26 Å². The molecule has 0 unspecified atom stereocenters. The van der Waals surface area contributed by atoms with Crippen molar-refractivity contribution in [2.75, 3.05) is 19.5 Å². The average Bonchev–Trinajstić information content (AvgIpc) is 3.01. The topological polar surface area (TPSA) is 116 Å². The standard InChI is InChI=1S/C22H23N5O3/c1-14-10-16(15(2)27(14)8-9-29-3)11-17(12-23)22(28)30-13-20-25-19-7-5-4-6-18(19)21(24)26-20/h4-7,10-11H,8-9,13H2,1-3H3,(H2,24,25,26)/b17-11+. The number of carbonyl (C=O) groups excluding carboxylic acids is 1. The molecule has 0 spiro atoms. The van der Waals surface area contributed by atoms with Crippen LogP contribution in [0.4, 0.5) is 5.82 Å². The molecule has 2 heterocycles. The third-order valence-corrected chi connectivity index (χ3v) is 4.78. The van der Waals surface area contributed by atoms with Gasteiger partial charge in [-0.25, -0.2) is 14.8 Å². The number of rotatable bonds is 7. The maximum Gasteiger partial charge on any atom is 0.349 e. The van der Waals surface area contributed by atoms with E-state index in [1.54, 1.807) is 13.2 Å². The van der Waals surface area contributed by atoms with Gasteiger partial charge >= 0.3 is 5.97 Å². The molecule has 2 N–H and O–H groups in total. The van der Waals surface area contributed by atoms with E-state index >= 15 is 0 Å². The molecule has 0 atom stereocenters. The fraction of sp³-hybridized carbons (Fsp3) is 0.273. The molecule has 154 valence electrons. The number of carbonyl (C=O) groups is 1. The van der Waals surface area contributed by atoms with Crippen LogP contribution in [0.2, 0.25) is 0 Å². The molecule has 1 aromatic carbocycles. The van der Waals surface area contributed by atoms with Crippen molar-refractivity contribution in [2.45, 2.75) is 27.0 Å². The third kappa shape index (κ3) is 4.47. The minimum Gasteiger partial charge on any atom is -0.453 e. The van der Waals surface area contributed by atoms with E-state index in [1.165, 1.54) is 6.08 Å². The number of nitrogen functional groups attached to an aromatic ring is 1. The number of methoxy groups -OCH3 is 1. The quantitative estimate of drug-likeness (QED) is 0.365. The first-order valence-electron chi connectivity index (χ1n) is 9.40. The van der Waals surface area contributed by atoms with Crippen LogP contribution in [0, 0.1) is 25.2 Å². The summed E-state index contributed by atoms with van der Waals surface area (Å²) in [7, 11) is 1.64. The van der Waals surface area contributed by atoms with Crippen LogP contribution in [-0.4, -0.2) is 34.2 Å². The van der Waals surface area contributed by atoms with Gasteiger partial charge in [0.1, 0.15) is 17.5 Å². The number of ether oxygens (including phenoxy) is 2. The number of esters is 1. The number of hydrogen-bond acceptors (Lipinski definition) is 7. The Balaban J connectivity index is 1.77. The zero-order valence-corrected chi connectivity index (χ0v) is 17.2. The molecule has 0 aliphatic carbocycles. The van der Waals surface area contributed by atoms with Crippen molar-refractivity contribution in [1.82, 2.24) is 14.5 Å². The number of fused-ring (bicyclic) bond motifs is 1. The molecule has 0 amide bonds. The number of nitriles is 1. The molecule has 30 heavy (non-hydrogen) atoms. The van der Waals surface area contributed by atoms with Crippen LogP contribution in [0.15, 0.2) is 35.9 Å². The minimum atomic E-state index is -0.741. The molecule has 2 aromatic heterocycles. The molecule has 0 bridgehead atoms. The second-order valence-electron chi connectivity index (χ2n) is 6.76. The first-order chi connectivity index (χ1) is 14.4. The smallest absolute Gasteiger partial charge is 0.349 e. The van der Waals surface area contributed by atoms with Gasteiger partial charge in [0.05, 0.1) is 12.1 Å². The Bertz CT molecular complexity index is 1160. The van der Waals surface area contributed by atoms with Crippen LogP contribution in [0.1, 0.15) is 22.8 Å². The Kier molecular flexibility index (Phi) is 6.45. The van der Waals surface area contributed by atoms with E-state index in [2.05, 4.69) is 14.5 Å². The normalized spacial score (nSPS) is 11.5. The van der Waals surface area contributed by atoms with Crippen molar-refractivity contribution >= 4 is 28.8 Å². The molecule has 0 fully saturated rings. The molecule has 3 aromatic rings. The van der Waals surface area contributed by atoms with Crippen LogP contribution in [0.25, 0.3) is 17.0 Å². The average molecular weight is 405 g/mol. The Morgan fingerprint density at radius 2 is 2.07 bits per heavy atom. The zero-order valence-electron chi connectivity index (χ0n) is 17.2. The van der Waals surface area contributed by atoms with Gasteiger partial charge in [-0.2, -0.15) is 5.26 Å². The van der Waals surface area contributed by atoms with Crippen molar-refractivity contribution < 1.29 is 14.3 Å². The highest BCUT2D eigenvalue weighted by Crippen LogP contribution is 2.20. The number of para-hydroxylation sites is 1. The highest BCUT2D eigenvalue weighted by molar-refractivity contribution is 5.98. The first kappa shape index (κ1) is 21.0. The van der Waals surface area contributed by atoms with Crippen molar-refractivity contribution in [2.24, 2.45) is 0 Å². The molecular weight excluding hydrogens is 382 g/mol. The molecule has 0 radical (unpaired) electrons. The van der Waals surface area contributed by atoms with E-state index in [0.29, 0.717) is 24.5 Å². The number of nitrogens with two attached hydrogens (primary N) is 1. The van der Waals surface area contributed by atoms with Crippen LogP contribution in [0.3, 0.4) is 0 Å². The number of nitrogens with zero attached hydrogens (tertiary/aromatic N) is 4. The number of anilines is 1. The number of hydrogen-bond donors (Lipinski definition) is 1. The Morgan fingerprint density at radius 1 is 1.30 bits per heavy atom. The SMILES string of the molecule is COCCn1c(C)cc(/C=C(\C#N)C(=O)OCc2nc(N)c3ccccc3n2)c1C. The molecule has 8 nitrogen and oxygen atoms in total. The van der Waals surface area contributed by atoms with E-state index in [0.717, 1.165) is 22.3 Å². The van der Waals surface area contributed by atoms with Crippen molar-refractivity contribution in [3.8, 4) is 6.07 Å². The van der Waals surface area contributed by atoms with Gasteiger partial charge in [0.25, 0.3) is 0 Å². The fourth-order valence-electron chi connectivity index (χ4n) is 3.22. The molecule has 0 aliphatic rings. The largest absolute Gasteiger partial charge is 0.453 e. The fourth-order valence-corrected chi connectivity index (χ4v) is 3.22. The maximum absolute atomic E-state index is 12.4. The van der Waals surface area contributed by atoms with E-state index in [9.17, 15) is 10.1 Å². The van der Waals surface area contributed by atoms with Gasteiger partial charge in [0.2, 0.25) is 0 Å². The summed E-state index contributed by atoms with van der Waals surface area (Å²) in [5.41, 5.74) is 9.25. The lowest BCUT2D eigenvalue weighted by molar-refractivity contribution is -0.139. The molecule has 0 saturated carbocycles. The number of benzene rings is 1. The number of aromatic nitrogens is 3. The lowest BCUT2D eigenvalue weighted by Crippen LogP contribution is -2.10. The van der Waals surface area contributed by atoms with Gasteiger partial charge in [0, 0.05) is 30.4 Å². The Labute approximate surface area is 174 Å². The summed E-state index contributed by atoms with van der Waals surface area (Å²) in [6.07, 6.45) is 1.53. The molecular formula is C22H23N5O3. The van der Waals surface area contributed by atoms with Crippen LogP contribution < -0.4 is 5.73 Å². The third-order valence-electron chi connectivity index (χ3n) is 4.78. The number of aryl methyl sites for hydroxylation is 1. The van der Waals surface area contributed by atoms with Gasteiger partial charge < -0.3 is 19.8 Å². The highest BCUT2D eigenvalue weighted by atomic mass is 16.5. The van der Waals surface area contributed by atoms with Crippen LogP contribution in [-0.2, 0) is 27.4 Å². The van der Waals surface area contributed by atoms with Crippen molar-refractivity contribution in [3.05, 3.63) is 58.7 Å². The summed E-state index contributed by atoms with van der Waals surface area (Å²) in [5, 5.41) is 10.2. The lowest BCUT2D eigenvalue weighted by atomic mass is 10.1. The second kappa shape index (κ2) is 9.20. The maximum atomic E-state index is 12.4. The summed E-state index contributed by atoms with van der Waals surface area (Å²) in [5.74, 6) is -0.157. The van der Waals surface area contributed by atoms with Gasteiger partial charge in [0.15, 0.2) is 12.4 Å². The summed E-state index contributed by atoms with van der Waals surface area (Å²) in [6, 6.07) is 11.1. The minimum absolute atomic E-state index is 0.101. The monoisotopic (exact) mass is 405 g/mol. The van der Waals surface area contributed by atoms with E-state index in [1.807, 2.05) is 44.2 Å². The Hall–Kier alpha value is -3.70. The van der Waals surface area contributed by atoms with E-state index in [-0.39, 0.29) is 18.0 Å². The van der Waals surface area contributed by atoms with Gasteiger partial charge in [-0.05, 0) is 43.7 Å². The summed E-state index contributed by atoms with van der Waals surface area (Å²) >= 11 is 0. The first-order valence-corrected chi connectivity index (χ1v) is 9.40. The van der Waals surface area contributed by atoms with Crippen LogP contribution in [0.5, 0.6) is 0 Å². The molecule has 0 aliphatic heterocycles. The molecule has 8 heteroatoms. The Morgan fingerprint density at radius 3 is 2.80 bits per heavy atom. The zero-order chi connectivity index (χ0) is 21.7. The van der Waals surface area contributed by atoms with E-state index in [4.69, 9.17) is 15.2 Å². The van der Waals surface area contributed by atoms with Crippen molar-refractivity contribution in [3.63, 3.8) is 0 Å². The summed E-state index contributed by atoms with van der Waals surface area (Å²) < 4.78 is 12.5. The predicted molar refractivity (Wildman–Crippen MR) is 113 cm³/mol. The van der Waals surface area contributed by atoms with E-state index < -0.39 is 5.97 Å². The van der Waals surface area contributed by atoms with Gasteiger partial charge in [-0.1, -0.05) is 12.1 Å².